The van der Waals surface area contributed by atoms with Crippen LogP contribution in [0.4, 0.5) is 0 Å². The molecule has 1 heterocycles. The molecule has 2 aromatic rings. The fourth-order valence-electron chi connectivity index (χ4n) is 1.47. The van der Waals surface area contributed by atoms with E-state index in [1.165, 1.54) is 0 Å². The van der Waals surface area contributed by atoms with E-state index in [1.54, 1.807) is 11.3 Å². The predicted octanol–water partition coefficient (Wildman–Crippen LogP) is 4.12. The fourth-order valence-corrected chi connectivity index (χ4v) is 2.81. The first-order chi connectivity index (χ1) is 8.20. The third kappa shape index (κ3) is 3.28. The highest BCUT2D eigenvalue weighted by Crippen LogP contribution is 2.30. The van der Waals surface area contributed by atoms with Gasteiger partial charge in [-0.05, 0) is 47.4 Å². The first kappa shape index (κ1) is 13.0. The van der Waals surface area contributed by atoms with Gasteiger partial charge in [-0.3, -0.25) is 0 Å². The molecule has 0 saturated heterocycles. The summed E-state index contributed by atoms with van der Waals surface area (Å²) in [4.78, 5) is 4.59. The molecule has 0 atom stereocenters. The smallest absolute Gasteiger partial charge is 0.123 e. The van der Waals surface area contributed by atoms with Crippen molar-refractivity contribution in [3.8, 4) is 10.6 Å². The van der Waals surface area contributed by atoms with Crippen LogP contribution in [0.15, 0.2) is 28.1 Å². The van der Waals surface area contributed by atoms with Crippen LogP contribution >= 0.6 is 38.9 Å². The zero-order chi connectivity index (χ0) is 12.3. The lowest BCUT2D eigenvalue weighted by Gasteiger charge is -1.99. The van der Waals surface area contributed by atoms with Crippen LogP contribution in [0.3, 0.4) is 0 Å². The third-order valence-electron chi connectivity index (χ3n) is 2.36. The maximum absolute atomic E-state index is 5.96. The lowest BCUT2D eigenvalue weighted by Crippen LogP contribution is -2.00. The lowest BCUT2D eigenvalue weighted by atomic mass is 10.2. The minimum absolute atomic E-state index is 0.708. The predicted molar refractivity (Wildman–Crippen MR) is 77.6 cm³/mol. The summed E-state index contributed by atoms with van der Waals surface area (Å²) in [5.41, 5.74) is 7.69. The van der Waals surface area contributed by atoms with Gasteiger partial charge in [0.1, 0.15) is 5.01 Å². The van der Waals surface area contributed by atoms with Crippen molar-refractivity contribution in [1.29, 1.82) is 0 Å². The minimum atomic E-state index is 0.708. The van der Waals surface area contributed by atoms with Gasteiger partial charge in [-0.25, -0.2) is 4.98 Å². The van der Waals surface area contributed by atoms with E-state index in [0.717, 1.165) is 33.6 Å². The van der Waals surface area contributed by atoms with Gasteiger partial charge in [0.15, 0.2) is 0 Å². The molecule has 2 rings (SSSR count). The average molecular weight is 332 g/mol. The Morgan fingerprint density at radius 3 is 2.94 bits per heavy atom. The van der Waals surface area contributed by atoms with Crippen LogP contribution in [0.1, 0.15) is 12.1 Å². The van der Waals surface area contributed by atoms with Gasteiger partial charge in [0.2, 0.25) is 0 Å². The van der Waals surface area contributed by atoms with Crippen molar-refractivity contribution in [1.82, 2.24) is 4.98 Å². The molecule has 17 heavy (non-hydrogen) atoms. The Morgan fingerprint density at radius 1 is 1.41 bits per heavy atom. The lowest BCUT2D eigenvalue weighted by molar-refractivity contribution is 0.816. The molecule has 0 bridgehead atoms. The maximum Gasteiger partial charge on any atom is 0.123 e. The van der Waals surface area contributed by atoms with E-state index in [1.807, 2.05) is 18.2 Å². The van der Waals surface area contributed by atoms with Gasteiger partial charge in [0.25, 0.3) is 0 Å². The van der Waals surface area contributed by atoms with Gasteiger partial charge in [-0.15, -0.1) is 11.3 Å². The van der Waals surface area contributed by atoms with E-state index < -0.39 is 0 Å². The largest absolute Gasteiger partial charge is 0.330 e. The SMILES string of the molecule is NCCCc1csc(-c2ccc(Cl)c(Br)c2)n1. The molecule has 0 spiro atoms. The molecule has 0 saturated carbocycles. The molecule has 0 aliphatic carbocycles. The van der Waals surface area contributed by atoms with Gasteiger partial charge in [-0.2, -0.15) is 0 Å². The van der Waals surface area contributed by atoms with Gasteiger partial charge in [-0.1, -0.05) is 17.7 Å². The number of hydrogen-bond acceptors (Lipinski definition) is 3. The van der Waals surface area contributed by atoms with Crippen molar-refractivity contribution >= 4 is 38.9 Å². The molecule has 0 amide bonds. The van der Waals surface area contributed by atoms with E-state index in [4.69, 9.17) is 17.3 Å². The number of benzene rings is 1. The second kappa shape index (κ2) is 5.96. The zero-order valence-corrected chi connectivity index (χ0v) is 12.3. The summed E-state index contributed by atoms with van der Waals surface area (Å²) < 4.78 is 0.898. The Bertz CT molecular complexity index is 513. The molecule has 0 aliphatic heterocycles. The second-order valence-corrected chi connectivity index (χ2v) is 5.78. The first-order valence-corrected chi connectivity index (χ1v) is 7.35. The summed E-state index contributed by atoms with van der Waals surface area (Å²) in [7, 11) is 0. The summed E-state index contributed by atoms with van der Waals surface area (Å²) in [5.74, 6) is 0. The van der Waals surface area contributed by atoms with E-state index >= 15 is 0 Å². The van der Waals surface area contributed by atoms with Gasteiger partial charge >= 0.3 is 0 Å². The van der Waals surface area contributed by atoms with Crippen LogP contribution in [0.2, 0.25) is 5.02 Å². The molecule has 5 heteroatoms. The molecule has 90 valence electrons. The van der Waals surface area contributed by atoms with Crippen molar-refractivity contribution in [3.63, 3.8) is 0 Å². The topological polar surface area (TPSA) is 38.9 Å². The van der Waals surface area contributed by atoms with Crippen molar-refractivity contribution in [3.05, 3.63) is 38.8 Å². The van der Waals surface area contributed by atoms with Gasteiger partial charge in [0, 0.05) is 15.4 Å². The molecule has 0 unspecified atom stereocenters. The van der Waals surface area contributed by atoms with Gasteiger partial charge in [0.05, 0.1) is 10.7 Å². The fraction of sp³-hybridized carbons (Fsp3) is 0.250. The zero-order valence-electron chi connectivity index (χ0n) is 9.12. The monoisotopic (exact) mass is 330 g/mol. The number of thiazole rings is 1. The van der Waals surface area contributed by atoms with Crippen LogP contribution in [-0.4, -0.2) is 11.5 Å². The third-order valence-corrected chi connectivity index (χ3v) is 4.51. The molecule has 0 radical (unpaired) electrons. The van der Waals surface area contributed by atoms with Crippen LogP contribution < -0.4 is 5.73 Å². The van der Waals surface area contributed by atoms with Gasteiger partial charge < -0.3 is 5.73 Å². The molecule has 0 aliphatic rings. The number of halogens is 2. The highest BCUT2D eigenvalue weighted by molar-refractivity contribution is 9.10. The number of aromatic nitrogens is 1. The molecule has 1 aromatic carbocycles. The van der Waals surface area contributed by atoms with Crippen LogP contribution in [0.25, 0.3) is 10.6 Å². The summed E-state index contributed by atoms with van der Waals surface area (Å²) in [6.45, 7) is 0.708. The normalized spacial score (nSPS) is 10.8. The Kier molecular flexibility index (Phi) is 4.56. The van der Waals surface area contributed by atoms with Crippen LogP contribution in [0, 0.1) is 0 Å². The van der Waals surface area contributed by atoms with E-state index in [-0.39, 0.29) is 0 Å². The molecule has 2 nitrogen and oxygen atoms in total. The van der Waals surface area contributed by atoms with Crippen molar-refractivity contribution in [2.45, 2.75) is 12.8 Å². The summed E-state index contributed by atoms with van der Waals surface area (Å²) >= 11 is 11.0. The molecule has 2 N–H and O–H groups in total. The van der Waals surface area contributed by atoms with Crippen LogP contribution in [-0.2, 0) is 6.42 Å². The Morgan fingerprint density at radius 2 is 2.24 bits per heavy atom. The highest BCUT2D eigenvalue weighted by atomic mass is 79.9. The van der Waals surface area contributed by atoms with Crippen LogP contribution in [0.5, 0.6) is 0 Å². The molecular formula is C12H12BrClN2S. The Hall–Kier alpha value is -0.420. The minimum Gasteiger partial charge on any atom is -0.330 e. The molecule has 1 aromatic heterocycles. The van der Waals surface area contributed by atoms with E-state index in [2.05, 4.69) is 26.3 Å². The second-order valence-electron chi connectivity index (χ2n) is 3.67. The van der Waals surface area contributed by atoms with Crippen molar-refractivity contribution in [2.75, 3.05) is 6.54 Å². The highest BCUT2D eigenvalue weighted by Gasteiger charge is 2.06. The maximum atomic E-state index is 5.96. The summed E-state index contributed by atoms with van der Waals surface area (Å²) in [6.07, 6.45) is 1.93. The summed E-state index contributed by atoms with van der Waals surface area (Å²) in [5, 5.41) is 3.83. The Balaban J connectivity index is 2.21. The number of aryl methyl sites for hydroxylation is 1. The number of hydrogen-bond donors (Lipinski definition) is 1. The molecule has 0 fully saturated rings. The average Bonchev–Trinajstić information content (AvgIpc) is 2.79. The summed E-state index contributed by atoms with van der Waals surface area (Å²) in [6, 6.07) is 5.86. The van der Waals surface area contributed by atoms with Crippen molar-refractivity contribution in [2.24, 2.45) is 5.73 Å². The number of rotatable bonds is 4. The Labute approximate surface area is 118 Å². The van der Waals surface area contributed by atoms with Crippen molar-refractivity contribution < 1.29 is 0 Å². The van der Waals surface area contributed by atoms with E-state index in [0.29, 0.717) is 11.6 Å². The molecular weight excluding hydrogens is 320 g/mol. The number of nitrogens with zero attached hydrogens (tertiary/aromatic N) is 1. The van der Waals surface area contributed by atoms with E-state index in [9.17, 15) is 0 Å². The quantitative estimate of drug-likeness (QED) is 0.915. The standard InChI is InChI=1S/C12H12BrClN2S/c13-10-6-8(3-4-11(10)14)12-16-9(7-17-12)2-1-5-15/h3-4,6-7H,1-2,5,15H2. The number of nitrogens with two attached hydrogens (primary N) is 1. The first-order valence-electron chi connectivity index (χ1n) is 5.30.